The van der Waals surface area contributed by atoms with Crippen LogP contribution < -0.4 is 0 Å². The maximum atomic E-state index is 10.3. The molecule has 0 aromatic heterocycles. The molecular weight excluding hydrogens is 274 g/mol. The fourth-order valence-corrected chi connectivity index (χ4v) is 4.70. The van der Waals surface area contributed by atoms with Crippen LogP contribution in [0.3, 0.4) is 0 Å². The molecule has 0 saturated heterocycles. The summed E-state index contributed by atoms with van der Waals surface area (Å²) in [5, 5.41) is 20.3. The third kappa shape index (κ3) is 2.60. The van der Waals surface area contributed by atoms with Crippen LogP contribution in [0.4, 0.5) is 0 Å². The smallest absolute Gasteiger partial charge is 0.160 e. The second-order valence-electron chi connectivity index (χ2n) is 6.94. The molecule has 3 rings (SSSR count). The van der Waals surface area contributed by atoms with Gasteiger partial charge in [0, 0.05) is 17.5 Å². The van der Waals surface area contributed by atoms with Crippen molar-refractivity contribution in [3.63, 3.8) is 0 Å². The first-order valence-electron chi connectivity index (χ1n) is 8.98. The van der Waals surface area contributed by atoms with Gasteiger partial charge in [0.15, 0.2) is 11.5 Å². The monoisotopic (exact) mass is 303 g/mol. The SMILES string of the molecule is CCCN(CCC)C1CCc2cc(O)c(O)c3c2C1CCC3. The lowest BCUT2D eigenvalue weighted by Gasteiger charge is -2.44. The molecule has 0 saturated carbocycles. The van der Waals surface area contributed by atoms with E-state index in [-0.39, 0.29) is 11.5 Å². The highest BCUT2D eigenvalue weighted by atomic mass is 16.3. The van der Waals surface area contributed by atoms with Crippen molar-refractivity contribution < 1.29 is 10.2 Å². The molecule has 3 heteroatoms. The fraction of sp³-hybridized carbons (Fsp3) is 0.684. The number of aromatic hydroxyl groups is 2. The quantitative estimate of drug-likeness (QED) is 0.809. The maximum Gasteiger partial charge on any atom is 0.160 e. The molecule has 22 heavy (non-hydrogen) atoms. The van der Waals surface area contributed by atoms with Gasteiger partial charge in [0.1, 0.15) is 0 Å². The van der Waals surface area contributed by atoms with Gasteiger partial charge in [-0.15, -0.1) is 0 Å². The molecule has 2 unspecified atom stereocenters. The third-order valence-electron chi connectivity index (χ3n) is 5.49. The zero-order valence-electron chi connectivity index (χ0n) is 13.9. The van der Waals surface area contributed by atoms with Crippen molar-refractivity contribution in [2.75, 3.05) is 13.1 Å². The summed E-state index contributed by atoms with van der Waals surface area (Å²) < 4.78 is 0. The van der Waals surface area contributed by atoms with Crippen molar-refractivity contribution in [2.24, 2.45) is 0 Å². The predicted octanol–water partition coefficient (Wildman–Crippen LogP) is 3.95. The van der Waals surface area contributed by atoms with Crippen LogP contribution in [0.2, 0.25) is 0 Å². The molecule has 0 bridgehead atoms. The van der Waals surface area contributed by atoms with Gasteiger partial charge < -0.3 is 10.2 Å². The molecule has 0 amide bonds. The molecule has 2 aliphatic carbocycles. The van der Waals surface area contributed by atoms with Crippen LogP contribution >= 0.6 is 0 Å². The largest absolute Gasteiger partial charge is 0.504 e. The first-order chi connectivity index (χ1) is 10.7. The van der Waals surface area contributed by atoms with Gasteiger partial charge in [-0.25, -0.2) is 0 Å². The topological polar surface area (TPSA) is 43.7 Å². The Bertz CT molecular complexity index is 535. The van der Waals surface area contributed by atoms with Gasteiger partial charge in [-0.05, 0) is 75.2 Å². The number of phenolic OH excluding ortho intramolecular Hbond substituents is 2. The highest BCUT2D eigenvalue weighted by Gasteiger charge is 2.37. The number of rotatable bonds is 5. The van der Waals surface area contributed by atoms with Crippen LogP contribution in [0.1, 0.15) is 68.6 Å². The number of benzene rings is 1. The number of hydrogen-bond donors (Lipinski definition) is 2. The molecular formula is C19H29NO2. The van der Waals surface area contributed by atoms with Crippen molar-refractivity contribution in [3.8, 4) is 11.5 Å². The Labute approximate surface area is 134 Å². The summed E-state index contributed by atoms with van der Waals surface area (Å²) in [5.41, 5.74) is 3.68. The van der Waals surface area contributed by atoms with Crippen molar-refractivity contribution in [1.82, 2.24) is 4.90 Å². The number of hydrogen-bond acceptors (Lipinski definition) is 3. The van der Waals surface area contributed by atoms with Gasteiger partial charge >= 0.3 is 0 Å². The lowest BCUT2D eigenvalue weighted by atomic mass is 9.70. The van der Waals surface area contributed by atoms with E-state index in [2.05, 4.69) is 18.7 Å². The van der Waals surface area contributed by atoms with Crippen LogP contribution in [0.15, 0.2) is 6.07 Å². The molecule has 0 aliphatic heterocycles. The highest BCUT2D eigenvalue weighted by molar-refractivity contribution is 5.56. The minimum atomic E-state index is 0.0758. The van der Waals surface area contributed by atoms with Crippen LogP contribution in [-0.2, 0) is 12.8 Å². The Morgan fingerprint density at radius 3 is 2.50 bits per heavy atom. The molecule has 0 heterocycles. The van der Waals surface area contributed by atoms with Gasteiger partial charge in [-0.1, -0.05) is 13.8 Å². The molecule has 1 aromatic rings. The predicted molar refractivity (Wildman–Crippen MR) is 89.7 cm³/mol. The van der Waals surface area contributed by atoms with Crippen molar-refractivity contribution in [1.29, 1.82) is 0 Å². The summed E-state index contributed by atoms with van der Waals surface area (Å²) in [6.07, 6.45) is 7.86. The average molecular weight is 303 g/mol. The Morgan fingerprint density at radius 1 is 1.09 bits per heavy atom. The van der Waals surface area contributed by atoms with E-state index in [1.54, 1.807) is 0 Å². The van der Waals surface area contributed by atoms with Crippen LogP contribution in [0.25, 0.3) is 0 Å². The summed E-state index contributed by atoms with van der Waals surface area (Å²) in [6.45, 7) is 6.86. The van der Waals surface area contributed by atoms with Crippen molar-refractivity contribution in [3.05, 3.63) is 22.8 Å². The molecule has 1 aromatic carbocycles. The fourth-order valence-electron chi connectivity index (χ4n) is 4.70. The van der Waals surface area contributed by atoms with E-state index in [0.717, 1.165) is 24.8 Å². The lowest BCUT2D eigenvalue weighted by molar-refractivity contribution is 0.145. The number of aryl methyl sites for hydroxylation is 1. The molecule has 2 atom stereocenters. The number of nitrogens with zero attached hydrogens (tertiary/aromatic N) is 1. The summed E-state index contributed by atoms with van der Waals surface area (Å²) >= 11 is 0. The third-order valence-corrected chi connectivity index (χ3v) is 5.49. The number of phenols is 2. The van der Waals surface area contributed by atoms with Crippen molar-refractivity contribution in [2.45, 2.75) is 70.8 Å². The Morgan fingerprint density at radius 2 is 1.82 bits per heavy atom. The normalized spacial score (nSPS) is 23.6. The first kappa shape index (κ1) is 15.7. The van der Waals surface area contributed by atoms with Gasteiger partial charge in [0.05, 0.1) is 0 Å². The second-order valence-corrected chi connectivity index (χ2v) is 6.94. The molecule has 0 spiro atoms. The van der Waals surface area contributed by atoms with E-state index in [0.29, 0.717) is 12.0 Å². The Kier molecular flexibility index (Phi) is 4.62. The van der Waals surface area contributed by atoms with Gasteiger partial charge in [-0.3, -0.25) is 4.90 Å². The highest BCUT2D eigenvalue weighted by Crippen LogP contribution is 2.48. The van der Waals surface area contributed by atoms with E-state index >= 15 is 0 Å². The standard InChI is InChI=1S/C19H29NO2/c1-3-10-20(11-4-2)16-9-8-13-12-17(21)19(22)15-7-5-6-14(16)18(13)15/h12,14,16,21-22H,3-11H2,1-2H3. The Hall–Kier alpha value is -1.22. The van der Waals surface area contributed by atoms with Gasteiger partial charge in [0.2, 0.25) is 0 Å². The first-order valence-corrected chi connectivity index (χ1v) is 8.98. The average Bonchev–Trinajstić information content (AvgIpc) is 2.52. The molecule has 2 N–H and O–H groups in total. The van der Waals surface area contributed by atoms with Crippen molar-refractivity contribution >= 4 is 0 Å². The molecule has 3 nitrogen and oxygen atoms in total. The lowest BCUT2D eigenvalue weighted by Crippen LogP contribution is -2.44. The van der Waals surface area contributed by atoms with E-state index in [9.17, 15) is 10.2 Å². The van der Waals surface area contributed by atoms with E-state index in [1.807, 2.05) is 6.07 Å². The Balaban J connectivity index is 1.98. The van der Waals surface area contributed by atoms with Gasteiger partial charge in [-0.2, -0.15) is 0 Å². The molecule has 2 aliphatic rings. The molecule has 122 valence electrons. The summed E-state index contributed by atoms with van der Waals surface area (Å²) in [5.74, 6) is 0.755. The van der Waals surface area contributed by atoms with Crippen LogP contribution in [0, 0.1) is 0 Å². The summed E-state index contributed by atoms with van der Waals surface area (Å²) in [4.78, 5) is 2.67. The maximum absolute atomic E-state index is 10.3. The van der Waals surface area contributed by atoms with E-state index in [1.165, 1.54) is 49.9 Å². The minimum Gasteiger partial charge on any atom is -0.504 e. The second kappa shape index (κ2) is 6.49. The molecule has 0 radical (unpaired) electrons. The summed E-state index contributed by atoms with van der Waals surface area (Å²) in [6, 6.07) is 2.42. The molecule has 0 fully saturated rings. The van der Waals surface area contributed by atoms with Crippen LogP contribution in [-0.4, -0.2) is 34.2 Å². The zero-order chi connectivity index (χ0) is 15.7. The van der Waals surface area contributed by atoms with E-state index < -0.39 is 0 Å². The van der Waals surface area contributed by atoms with E-state index in [4.69, 9.17) is 0 Å². The summed E-state index contributed by atoms with van der Waals surface area (Å²) in [7, 11) is 0. The minimum absolute atomic E-state index is 0.0758. The zero-order valence-corrected chi connectivity index (χ0v) is 13.9. The van der Waals surface area contributed by atoms with Crippen LogP contribution in [0.5, 0.6) is 11.5 Å². The van der Waals surface area contributed by atoms with Gasteiger partial charge in [0.25, 0.3) is 0 Å².